The number of carbonyl (C=O) groups excluding carboxylic acids is 1. The molecule has 0 spiro atoms. The maximum Gasteiger partial charge on any atom is 0.238 e. The van der Waals surface area contributed by atoms with Crippen LogP contribution in [-0.4, -0.2) is 25.3 Å². The summed E-state index contributed by atoms with van der Waals surface area (Å²) in [5, 5.41) is 4.19. The summed E-state index contributed by atoms with van der Waals surface area (Å²) in [6.07, 6.45) is -0.125. The monoisotopic (exact) mass is 335 g/mol. The van der Waals surface area contributed by atoms with Gasteiger partial charge in [0.1, 0.15) is 0 Å². The number of nitrogens with two attached hydrogens (primary N) is 1. The van der Waals surface area contributed by atoms with Crippen LogP contribution < -0.4 is 5.14 Å². The van der Waals surface area contributed by atoms with Crippen molar-refractivity contribution in [3.63, 3.8) is 0 Å². The van der Waals surface area contributed by atoms with Gasteiger partial charge in [0.2, 0.25) is 15.8 Å². The molecular formula is C11H14BrNO4S. The molecule has 5 nitrogen and oxygen atoms in total. The zero-order chi connectivity index (χ0) is 13.9. The quantitative estimate of drug-likeness (QED) is 0.654. The first-order valence-corrected chi connectivity index (χ1v) is 7.64. The van der Waals surface area contributed by atoms with E-state index >= 15 is 0 Å². The fourth-order valence-corrected chi connectivity index (χ4v) is 2.51. The number of halogens is 1. The van der Waals surface area contributed by atoms with E-state index in [2.05, 4.69) is 15.9 Å². The number of ketones is 1. The summed E-state index contributed by atoms with van der Waals surface area (Å²) < 4.78 is 27.6. The van der Waals surface area contributed by atoms with E-state index < -0.39 is 15.0 Å². The molecule has 0 aliphatic carbocycles. The van der Waals surface area contributed by atoms with E-state index in [4.69, 9.17) is 9.88 Å². The molecule has 0 aliphatic rings. The predicted molar refractivity (Wildman–Crippen MR) is 71.1 cm³/mol. The van der Waals surface area contributed by atoms with Crippen molar-refractivity contribution in [1.82, 2.24) is 0 Å². The Labute approximate surface area is 114 Å². The second kappa shape index (κ2) is 5.92. The molecule has 1 rings (SSSR count). The first-order valence-electron chi connectivity index (χ1n) is 5.18. The lowest BCUT2D eigenvalue weighted by Gasteiger charge is -2.13. The number of ether oxygens (including phenoxy) is 1. The smallest absolute Gasteiger partial charge is 0.238 e. The lowest BCUT2D eigenvalue weighted by molar-refractivity contribution is 0.0486. The molecule has 100 valence electrons. The number of primary sulfonamides is 1. The highest BCUT2D eigenvalue weighted by Crippen LogP contribution is 2.16. The standard InChI is InChI=1S/C11H14BrNO4S/c1-7(2)17-11(12)10(14)8-4-3-5-9(6-8)18(13,15)16/h3-7,11H,1-2H3,(H2,13,15,16). The highest BCUT2D eigenvalue weighted by molar-refractivity contribution is 9.09. The van der Waals surface area contributed by atoms with Gasteiger partial charge in [-0.3, -0.25) is 4.79 Å². The SMILES string of the molecule is CC(C)OC(Br)C(=O)c1cccc(S(N)(=O)=O)c1. The number of Topliss-reactive ketones (excluding diaryl/α,β-unsaturated/α-hetero) is 1. The molecular weight excluding hydrogens is 322 g/mol. The Kier molecular flexibility index (Phi) is 5.03. The third-order valence-corrected chi connectivity index (χ3v) is 3.59. The Morgan fingerprint density at radius 3 is 2.50 bits per heavy atom. The van der Waals surface area contributed by atoms with Crippen molar-refractivity contribution in [1.29, 1.82) is 0 Å². The minimum atomic E-state index is -3.82. The topological polar surface area (TPSA) is 86.5 Å². The fourth-order valence-electron chi connectivity index (χ4n) is 1.26. The van der Waals surface area contributed by atoms with Crippen LogP contribution in [0.25, 0.3) is 0 Å². The molecule has 1 aromatic rings. The lowest BCUT2D eigenvalue weighted by Crippen LogP contribution is -2.22. The molecule has 0 saturated carbocycles. The molecule has 0 saturated heterocycles. The van der Waals surface area contributed by atoms with Gasteiger partial charge >= 0.3 is 0 Å². The average Bonchev–Trinajstić information content (AvgIpc) is 2.26. The number of sulfonamides is 1. The largest absolute Gasteiger partial charge is 0.356 e. The summed E-state index contributed by atoms with van der Waals surface area (Å²) in [7, 11) is -3.82. The van der Waals surface area contributed by atoms with Crippen molar-refractivity contribution in [2.24, 2.45) is 5.14 Å². The molecule has 0 aliphatic heterocycles. The summed E-state index contributed by atoms with van der Waals surface area (Å²) in [5.41, 5.74) is 0.226. The number of benzene rings is 1. The maximum atomic E-state index is 12.0. The van der Waals surface area contributed by atoms with Gasteiger partial charge in [0.05, 0.1) is 11.0 Å². The number of hydrogen-bond donors (Lipinski definition) is 1. The van der Waals surface area contributed by atoms with Crippen LogP contribution in [0.3, 0.4) is 0 Å². The van der Waals surface area contributed by atoms with E-state index in [-0.39, 0.29) is 22.3 Å². The van der Waals surface area contributed by atoms with E-state index in [1.165, 1.54) is 24.3 Å². The van der Waals surface area contributed by atoms with E-state index in [1.807, 2.05) is 0 Å². The maximum absolute atomic E-state index is 12.0. The normalized spacial score (nSPS) is 13.6. The summed E-state index contributed by atoms with van der Waals surface area (Å²) in [6.45, 7) is 3.59. The molecule has 0 aromatic heterocycles. The molecule has 1 aromatic carbocycles. The Morgan fingerprint density at radius 1 is 1.39 bits per heavy atom. The Hall–Kier alpha value is -0.760. The lowest BCUT2D eigenvalue weighted by atomic mass is 10.1. The van der Waals surface area contributed by atoms with Gasteiger partial charge < -0.3 is 4.74 Å². The van der Waals surface area contributed by atoms with Crippen LogP contribution in [0.4, 0.5) is 0 Å². The van der Waals surface area contributed by atoms with Crippen LogP contribution in [0.2, 0.25) is 0 Å². The summed E-state index contributed by atoms with van der Waals surface area (Å²) in [5.74, 6) is -0.353. The van der Waals surface area contributed by atoms with Crippen molar-refractivity contribution >= 4 is 31.7 Å². The molecule has 1 unspecified atom stereocenters. The Balaban J connectivity index is 3.01. The van der Waals surface area contributed by atoms with Gasteiger partial charge in [-0.1, -0.05) is 12.1 Å². The third kappa shape index (κ3) is 4.16. The number of alkyl halides is 1. The van der Waals surface area contributed by atoms with Crippen LogP contribution in [0, 0.1) is 0 Å². The highest BCUT2D eigenvalue weighted by atomic mass is 79.9. The molecule has 18 heavy (non-hydrogen) atoms. The first kappa shape index (κ1) is 15.3. The van der Waals surface area contributed by atoms with Crippen LogP contribution >= 0.6 is 15.9 Å². The molecule has 2 N–H and O–H groups in total. The van der Waals surface area contributed by atoms with Gasteiger partial charge in [-0.2, -0.15) is 0 Å². The minimum Gasteiger partial charge on any atom is -0.356 e. The number of hydrogen-bond acceptors (Lipinski definition) is 4. The van der Waals surface area contributed by atoms with E-state index in [0.717, 1.165) is 0 Å². The van der Waals surface area contributed by atoms with Gasteiger partial charge in [0.15, 0.2) is 5.01 Å². The van der Waals surface area contributed by atoms with Crippen molar-refractivity contribution in [2.45, 2.75) is 29.9 Å². The Bertz CT molecular complexity index is 542. The van der Waals surface area contributed by atoms with Gasteiger partial charge in [-0.15, -0.1) is 0 Å². The second-order valence-corrected chi connectivity index (χ2v) is 6.33. The van der Waals surface area contributed by atoms with Gasteiger partial charge in [-0.25, -0.2) is 13.6 Å². The molecule has 0 amide bonds. The predicted octanol–water partition coefficient (Wildman–Crippen LogP) is 1.66. The van der Waals surface area contributed by atoms with Crippen LogP contribution in [0.5, 0.6) is 0 Å². The fraction of sp³-hybridized carbons (Fsp3) is 0.364. The van der Waals surface area contributed by atoms with E-state index in [0.29, 0.717) is 0 Å². The molecule has 0 radical (unpaired) electrons. The summed E-state index contributed by atoms with van der Waals surface area (Å²) >= 11 is 3.10. The van der Waals surface area contributed by atoms with Gasteiger partial charge in [-0.05, 0) is 41.9 Å². The van der Waals surface area contributed by atoms with Gasteiger partial charge in [0.25, 0.3) is 0 Å². The first-order chi connectivity index (χ1) is 8.21. The highest BCUT2D eigenvalue weighted by Gasteiger charge is 2.20. The molecule has 0 fully saturated rings. The number of carbonyl (C=O) groups is 1. The van der Waals surface area contributed by atoms with Crippen molar-refractivity contribution < 1.29 is 17.9 Å². The van der Waals surface area contributed by atoms with E-state index in [1.54, 1.807) is 13.8 Å². The zero-order valence-corrected chi connectivity index (χ0v) is 12.4. The van der Waals surface area contributed by atoms with Crippen LogP contribution in [0.1, 0.15) is 24.2 Å². The second-order valence-electron chi connectivity index (χ2n) is 3.94. The molecule has 0 heterocycles. The van der Waals surface area contributed by atoms with Crippen molar-refractivity contribution in [2.75, 3.05) is 0 Å². The van der Waals surface area contributed by atoms with Crippen LogP contribution in [0.15, 0.2) is 29.2 Å². The number of rotatable bonds is 5. The molecule has 1 atom stereocenters. The van der Waals surface area contributed by atoms with Crippen LogP contribution in [-0.2, 0) is 14.8 Å². The van der Waals surface area contributed by atoms with E-state index in [9.17, 15) is 13.2 Å². The minimum absolute atomic E-state index is 0.0994. The zero-order valence-electron chi connectivity index (χ0n) is 9.96. The summed E-state index contributed by atoms with van der Waals surface area (Å²) in [4.78, 5) is 11.9. The Morgan fingerprint density at radius 2 is 2.00 bits per heavy atom. The van der Waals surface area contributed by atoms with Gasteiger partial charge in [0, 0.05) is 5.56 Å². The third-order valence-electron chi connectivity index (χ3n) is 2.04. The molecule has 7 heteroatoms. The molecule has 0 bridgehead atoms. The van der Waals surface area contributed by atoms with Crippen molar-refractivity contribution in [3.05, 3.63) is 29.8 Å². The average molecular weight is 336 g/mol. The van der Waals surface area contributed by atoms with Crippen molar-refractivity contribution in [3.8, 4) is 0 Å². The summed E-state index contributed by atoms with van der Waals surface area (Å²) in [6, 6.07) is 5.53.